The quantitative estimate of drug-likeness (QED) is 0.596. The molecule has 1 aliphatic heterocycles. The maximum atomic E-state index is 12.9. The molecule has 0 aliphatic carbocycles. The van der Waals surface area contributed by atoms with Crippen LogP contribution in [0.5, 0.6) is 0 Å². The Morgan fingerprint density at radius 1 is 0.933 bits per heavy atom. The van der Waals surface area contributed by atoms with E-state index < -0.39 is 10.0 Å². The molecule has 5 nitrogen and oxygen atoms in total. The molecule has 4 rings (SSSR count). The van der Waals surface area contributed by atoms with Gasteiger partial charge in [0.25, 0.3) is 0 Å². The van der Waals surface area contributed by atoms with Crippen molar-refractivity contribution in [2.45, 2.75) is 32.1 Å². The summed E-state index contributed by atoms with van der Waals surface area (Å²) in [4.78, 5) is 7.39. The van der Waals surface area contributed by atoms with Gasteiger partial charge in [-0.3, -0.25) is 0 Å². The molecule has 158 valence electrons. The zero-order chi connectivity index (χ0) is 21.3. The van der Waals surface area contributed by atoms with E-state index in [1.165, 1.54) is 16.7 Å². The number of aromatic nitrogens is 1. The lowest BCUT2D eigenvalue weighted by Gasteiger charge is -2.33. The van der Waals surface area contributed by atoms with Gasteiger partial charge in [0, 0.05) is 38.0 Å². The maximum Gasteiger partial charge on any atom is 0.243 e. The van der Waals surface area contributed by atoms with Crippen molar-refractivity contribution < 1.29 is 8.42 Å². The molecule has 0 N–H and O–H groups in total. The Hall–Kier alpha value is -2.22. The highest BCUT2D eigenvalue weighted by molar-refractivity contribution is 7.89. The van der Waals surface area contributed by atoms with Crippen LogP contribution in [0.25, 0.3) is 0 Å². The molecule has 0 spiro atoms. The molecule has 1 aromatic heterocycles. The van der Waals surface area contributed by atoms with Crippen LogP contribution in [0.4, 0.5) is 5.13 Å². The number of piperazine rings is 1. The van der Waals surface area contributed by atoms with Gasteiger partial charge in [0.2, 0.25) is 10.0 Å². The van der Waals surface area contributed by atoms with Gasteiger partial charge in [-0.15, -0.1) is 11.3 Å². The first kappa shape index (κ1) is 21.0. The van der Waals surface area contributed by atoms with Gasteiger partial charge in [-0.05, 0) is 44.0 Å². The highest BCUT2D eigenvalue weighted by Crippen LogP contribution is 2.26. The smallest absolute Gasteiger partial charge is 0.243 e. The summed E-state index contributed by atoms with van der Waals surface area (Å²) in [5, 5.41) is 3.09. The molecule has 0 bridgehead atoms. The molecule has 0 unspecified atom stereocenters. The predicted molar refractivity (Wildman–Crippen MR) is 123 cm³/mol. The van der Waals surface area contributed by atoms with Crippen molar-refractivity contribution >= 4 is 26.5 Å². The fourth-order valence-electron chi connectivity index (χ4n) is 3.69. The lowest BCUT2D eigenvalue weighted by atomic mass is 10.0. The van der Waals surface area contributed by atoms with Gasteiger partial charge >= 0.3 is 0 Å². The molecule has 0 radical (unpaired) electrons. The summed E-state index contributed by atoms with van der Waals surface area (Å²) in [6.45, 7) is 8.46. The molecule has 0 saturated carbocycles. The lowest BCUT2D eigenvalue weighted by Crippen LogP contribution is -2.48. The third kappa shape index (κ3) is 4.43. The van der Waals surface area contributed by atoms with Crippen molar-refractivity contribution in [2.24, 2.45) is 0 Å². The van der Waals surface area contributed by atoms with E-state index in [0.717, 1.165) is 22.8 Å². The van der Waals surface area contributed by atoms with Crippen LogP contribution in [0, 0.1) is 20.8 Å². The Morgan fingerprint density at radius 3 is 2.30 bits per heavy atom. The molecule has 2 aromatic carbocycles. The number of benzene rings is 2. The van der Waals surface area contributed by atoms with E-state index in [0.29, 0.717) is 31.1 Å². The normalized spacial score (nSPS) is 15.5. The number of hydrogen-bond donors (Lipinski definition) is 0. The Labute approximate surface area is 183 Å². The van der Waals surface area contributed by atoms with Crippen LogP contribution < -0.4 is 4.90 Å². The van der Waals surface area contributed by atoms with E-state index in [4.69, 9.17) is 4.98 Å². The Morgan fingerprint density at radius 2 is 1.60 bits per heavy atom. The van der Waals surface area contributed by atoms with Crippen LogP contribution >= 0.6 is 11.3 Å². The summed E-state index contributed by atoms with van der Waals surface area (Å²) in [6.07, 6.45) is 0.825. The number of sulfonamides is 1. The topological polar surface area (TPSA) is 53.5 Å². The zero-order valence-electron chi connectivity index (χ0n) is 17.6. The molecule has 30 heavy (non-hydrogen) atoms. The van der Waals surface area contributed by atoms with Gasteiger partial charge in [-0.25, -0.2) is 13.4 Å². The van der Waals surface area contributed by atoms with Crippen molar-refractivity contribution in [1.82, 2.24) is 9.29 Å². The number of thiazole rings is 1. The van der Waals surface area contributed by atoms with Crippen LogP contribution in [0.1, 0.15) is 27.9 Å². The van der Waals surface area contributed by atoms with Crippen molar-refractivity contribution in [3.63, 3.8) is 0 Å². The van der Waals surface area contributed by atoms with E-state index in [1.807, 2.05) is 19.1 Å². The van der Waals surface area contributed by atoms with Gasteiger partial charge in [0.1, 0.15) is 0 Å². The van der Waals surface area contributed by atoms with Crippen LogP contribution in [0.3, 0.4) is 0 Å². The van der Waals surface area contributed by atoms with Crippen molar-refractivity contribution in [3.8, 4) is 0 Å². The second-order valence-corrected chi connectivity index (χ2v) is 10.7. The standard InChI is InChI=1S/C23H27N3O2S2/c1-17-5-8-22(9-6-17)30(27,28)26-12-10-25(11-13-26)23-24-21(16-29-23)15-20-14-18(2)4-7-19(20)3/h4-9,14,16H,10-13,15H2,1-3H3. The number of aryl methyl sites for hydroxylation is 3. The average Bonchev–Trinajstić information content (AvgIpc) is 3.20. The molecule has 1 saturated heterocycles. The largest absolute Gasteiger partial charge is 0.345 e. The fraction of sp³-hybridized carbons (Fsp3) is 0.348. The molecule has 2 heterocycles. The first-order valence-electron chi connectivity index (χ1n) is 10.2. The van der Waals surface area contributed by atoms with Gasteiger partial charge in [-0.2, -0.15) is 4.31 Å². The van der Waals surface area contributed by atoms with Crippen molar-refractivity contribution in [2.75, 3.05) is 31.1 Å². The minimum Gasteiger partial charge on any atom is -0.345 e. The van der Waals surface area contributed by atoms with Crippen molar-refractivity contribution in [1.29, 1.82) is 0 Å². The molecular weight excluding hydrogens is 414 g/mol. The van der Waals surface area contributed by atoms with E-state index in [9.17, 15) is 8.42 Å². The molecule has 0 atom stereocenters. The van der Waals surface area contributed by atoms with Crippen LogP contribution in [0.15, 0.2) is 52.7 Å². The second kappa shape index (κ2) is 8.49. The summed E-state index contributed by atoms with van der Waals surface area (Å²) < 4.78 is 27.4. The van der Waals surface area contributed by atoms with Crippen LogP contribution in [-0.2, 0) is 16.4 Å². The van der Waals surface area contributed by atoms with Gasteiger partial charge < -0.3 is 4.90 Å². The van der Waals surface area contributed by atoms with Gasteiger partial charge in [0.05, 0.1) is 10.6 Å². The summed E-state index contributed by atoms with van der Waals surface area (Å²) in [6, 6.07) is 13.6. The maximum absolute atomic E-state index is 12.9. The molecule has 3 aromatic rings. The third-order valence-electron chi connectivity index (χ3n) is 5.58. The Kier molecular flexibility index (Phi) is 5.95. The zero-order valence-corrected chi connectivity index (χ0v) is 19.3. The number of anilines is 1. The minimum absolute atomic E-state index is 0.367. The van der Waals surface area contributed by atoms with Gasteiger partial charge in [-0.1, -0.05) is 41.5 Å². The molecule has 1 fully saturated rings. The summed E-state index contributed by atoms with van der Waals surface area (Å²) in [7, 11) is -3.44. The lowest BCUT2D eigenvalue weighted by molar-refractivity contribution is 0.384. The molecule has 0 amide bonds. The van der Waals surface area contributed by atoms with E-state index in [2.05, 4.69) is 42.3 Å². The number of nitrogens with zero attached hydrogens (tertiary/aromatic N) is 3. The van der Waals surface area contributed by atoms with E-state index in [-0.39, 0.29) is 0 Å². The summed E-state index contributed by atoms with van der Waals surface area (Å²) in [5.74, 6) is 0. The first-order chi connectivity index (χ1) is 14.3. The highest BCUT2D eigenvalue weighted by Gasteiger charge is 2.29. The van der Waals surface area contributed by atoms with Gasteiger partial charge in [0.15, 0.2) is 5.13 Å². The molecule has 7 heteroatoms. The van der Waals surface area contributed by atoms with Crippen molar-refractivity contribution in [3.05, 3.63) is 75.8 Å². The Bertz CT molecular complexity index is 1130. The van der Waals surface area contributed by atoms with E-state index >= 15 is 0 Å². The minimum atomic E-state index is -3.44. The van der Waals surface area contributed by atoms with E-state index in [1.54, 1.807) is 27.8 Å². The third-order valence-corrected chi connectivity index (χ3v) is 8.45. The summed E-state index contributed by atoms with van der Waals surface area (Å²) in [5.41, 5.74) is 5.97. The predicted octanol–water partition coefficient (Wildman–Crippen LogP) is 4.17. The fourth-order valence-corrected chi connectivity index (χ4v) is 5.99. The molecule has 1 aliphatic rings. The SMILES string of the molecule is Cc1ccc(S(=O)(=O)N2CCN(c3nc(Cc4cc(C)ccc4C)cs3)CC2)cc1. The second-order valence-electron chi connectivity index (χ2n) is 7.93. The Balaban J connectivity index is 1.41. The highest BCUT2D eigenvalue weighted by atomic mass is 32.2. The average molecular weight is 442 g/mol. The number of rotatable bonds is 5. The molecular formula is C23H27N3O2S2. The van der Waals surface area contributed by atoms with Crippen LogP contribution in [-0.4, -0.2) is 43.9 Å². The monoisotopic (exact) mass is 441 g/mol. The van der Waals surface area contributed by atoms with Crippen LogP contribution in [0.2, 0.25) is 0 Å². The summed E-state index contributed by atoms with van der Waals surface area (Å²) >= 11 is 1.64. The first-order valence-corrected chi connectivity index (χ1v) is 12.5. The number of hydrogen-bond acceptors (Lipinski definition) is 5.